The van der Waals surface area contributed by atoms with Crippen molar-refractivity contribution in [3.05, 3.63) is 27.7 Å². The molecule has 1 heterocycles. The van der Waals surface area contributed by atoms with Crippen molar-refractivity contribution in [1.29, 1.82) is 0 Å². The minimum Gasteiger partial charge on any atom is -0.454 e. The third-order valence-corrected chi connectivity index (χ3v) is 4.45. The predicted octanol–water partition coefficient (Wildman–Crippen LogP) is 2.48. The van der Waals surface area contributed by atoms with E-state index in [4.69, 9.17) is 43.4 Å². The monoisotopic (exact) mass is 344 g/mol. The van der Waals surface area contributed by atoms with Gasteiger partial charge in [0.15, 0.2) is 0 Å². The van der Waals surface area contributed by atoms with Crippen LogP contribution in [0.5, 0.6) is 0 Å². The largest absolute Gasteiger partial charge is 0.454 e. The highest BCUT2D eigenvalue weighted by atomic mass is 35.7. The lowest BCUT2D eigenvalue weighted by Gasteiger charge is -2.25. The lowest BCUT2D eigenvalue weighted by atomic mass is 10.2. The highest BCUT2D eigenvalue weighted by Crippen LogP contribution is 2.32. The SMILES string of the molecule is O=C(OC1COC1)c1cc(Cl)cc(S(=O)(=O)Cl)c1Cl. The molecule has 1 aromatic carbocycles. The first-order valence-corrected chi connectivity index (χ1v) is 8.08. The Bertz CT molecular complexity index is 624. The van der Waals surface area contributed by atoms with Crippen LogP contribution in [0.15, 0.2) is 17.0 Å². The number of halogens is 3. The smallest absolute Gasteiger partial charge is 0.340 e. The standard InChI is InChI=1S/C10H7Cl3O5S/c11-5-1-7(10(14)18-6-3-17-4-6)9(12)8(2-5)19(13,15)16/h1-2,6H,3-4H2. The van der Waals surface area contributed by atoms with Gasteiger partial charge in [0.1, 0.15) is 11.0 Å². The zero-order valence-electron chi connectivity index (χ0n) is 9.23. The first-order chi connectivity index (χ1) is 8.79. The summed E-state index contributed by atoms with van der Waals surface area (Å²) in [4.78, 5) is 11.4. The number of rotatable bonds is 3. The first kappa shape index (κ1) is 14.9. The van der Waals surface area contributed by atoms with Gasteiger partial charge in [0, 0.05) is 15.7 Å². The molecule has 104 valence electrons. The molecule has 0 amide bonds. The lowest BCUT2D eigenvalue weighted by molar-refractivity contribution is -0.103. The van der Waals surface area contributed by atoms with E-state index in [-0.39, 0.29) is 21.7 Å². The van der Waals surface area contributed by atoms with Crippen LogP contribution in [0.2, 0.25) is 10.0 Å². The molecule has 9 heteroatoms. The van der Waals surface area contributed by atoms with Crippen LogP contribution in [0.4, 0.5) is 0 Å². The van der Waals surface area contributed by atoms with Gasteiger partial charge in [0.2, 0.25) is 0 Å². The van der Waals surface area contributed by atoms with Crippen molar-refractivity contribution in [2.75, 3.05) is 13.2 Å². The van der Waals surface area contributed by atoms with Crippen LogP contribution < -0.4 is 0 Å². The third kappa shape index (κ3) is 3.32. The van der Waals surface area contributed by atoms with Crippen LogP contribution in [0.1, 0.15) is 10.4 Å². The molecular formula is C10H7Cl3O5S. The minimum atomic E-state index is -4.11. The fourth-order valence-electron chi connectivity index (χ4n) is 1.39. The van der Waals surface area contributed by atoms with E-state index in [1.807, 2.05) is 0 Å². The fourth-order valence-corrected chi connectivity index (χ4v) is 3.24. The molecule has 5 nitrogen and oxygen atoms in total. The van der Waals surface area contributed by atoms with Crippen LogP contribution in [-0.2, 0) is 18.5 Å². The molecule has 0 radical (unpaired) electrons. The van der Waals surface area contributed by atoms with Gasteiger partial charge in [-0.25, -0.2) is 13.2 Å². The molecule has 0 atom stereocenters. The maximum atomic E-state index is 11.8. The molecule has 0 aliphatic carbocycles. The molecule has 0 bridgehead atoms. The maximum Gasteiger partial charge on any atom is 0.340 e. The summed E-state index contributed by atoms with van der Waals surface area (Å²) in [5.74, 6) is -0.776. The molecule has 0 saturated carbocycles. The van der Waals surface area contributed by atoms with Gasteiger partial charge in [-0.05, 0) is 12.1 Å². The van der Waals surface area contributed by atoms with Gasteiger partial charge in [0.05, 0.1) is 23.8 Å². The topological polar surface area (TPSA) is 69.7 Å². The number of carbonyl (C=O) groups is 1. The third-order valence-electron chi connectivity index (χ3n) is 2.37. The molecule has 2 rings (SSSR count). The van der Waals surface area contributed by atoms with E-state index in [2.05, 4.69) is 0 Å². The van der Waals surface area contributed by atoms with E-state index in [9.17, 15) is 13.2 Å². The van der Waals surface area contributed by atoms with E-state index in [1.54, 1.807) is 0 Å². The molecular weight excluding hydrogens is 339 g/mol. The average molecular weight is 346 g/mol. The number of carbonyl (C=O) groups excluding carboxylic acids is 1. The Morgan fingerprint density at radius 3 is 2.42 bits per heavy atom. The zero-order valence-corrected chi connectivity index (χ0v) is 12.3. The van der Waals surface area contributed by atoms with Gasteiger partial charge in [-0.15, -0.1) is 0 Å². The van der Waals surface area contributed by atoms with Gasteiger partial charge in [-0.3, -0.25) is 0 Å². The van der Waals surface area contributed by atoms with Crippen LogP contribution in [0.25, 0.3) is 0 Å². The molecule has 1 saturated heterocycles. The van der Waals surface area contributed by atoms with E-state index < -0.39 is 19.9 Å². The summed E-state index contributed by atoms with van der Waals surface area (Å²) in [5.41, 5.74) is -0.153. The quantitative estimate of drug-likeness (QED) is 0.622. The summed E-state index contributed by atoms with van der Waals surface area (Å²) in [6.07, 6.45) is -0.362. The Labute approximate surface area is 123 Å². The van der Waals surface area contributed by atoms with Crippen LogP contribution in [0, 0.1) is 0 Å². The van der Waals surface area contributed by atoms with Crippen molar-refractivity contribution < 1.29 is 22.7 Å². The summed E-state index contributed by atoms with van der Waals surface area (Å²) >= 11 is 11.6. The second kappa shape index (κ2) is 5.46. The van der Waals surface area contributed by atoms with Crippen LogP contribution in [-0.4, -0.2) is 33.7 Å². The molecule has 0 unspecified atom stereocenters. The zero-order chi connectivity index (χ0) is 14.2. The molecule has 0 aromatic heterocycles. The molecule has 19 heavy (non-hydrogen) atoms. The van der Waals surface area contributed by atoms with Gasteiger partial charge in [-0.1, -0.05) is 23.2 Å². The summed E-state index contributed by atoms with van der Waals surface area (Å²) in [7, 11) is 1.10. The fraction of sp³-hybridized carbons (Fsp3) is 0.300. The van der Waals surface area contributed by atoms with E-state index in [0.29, 0.717) is 13.2 Å². The highest BCUT2D eigenvalue weighted by Gasteiger charge is 2.27. The Kier molecular flexibility index (Phi) is 4.27. The second-order valence-corrected chi connectivity index (χ2v) is 7.12. The molecule has 1 aliphatic rings. The number of benzene rings is 1. The molecule has 1 fully saturated rings. The van der Waals surface area contributed by atoms with Crippen LogP contribution >= 0.6 is 33.9 Å². The number of hydrogen-bond acceptors (Lipinski definition) is 5. The van der Waals surface area contributed by atoms with Gasteiger partial charge < -0.3 is 9.47 Å². The van der Waals surface area contributed by atoms with Crippen molar-refractivity contribution in [2.24, 2.45) is 0 Å². The van der Waals surface area contributed by atoms with Crippen molar-refractivity contribution in [1.82, 2.24) is 0 Å². The highest BCUT2D eigenvalue weighted by molar-refractivity contribution is 8.13. The van der Waals surface area contributed by atoms with E-state index in [0.717, 1.165) is 6.07 Å². The van der Waals surface area contributed by atoms with Crippen molar-refractivity contribution in [3.63, 3.8) is 0 Å². The van der Waals surface area contributed by atoms with Gasteiger partial charge >= 0.3 is 5.97 Å². The Morgan fingerprint density at radius 1 is 1.32 bits per heavy atom. The summed E-state index contributed by atoms with van der Waals surface area (Å²) in [6, 6.07) is 2.28. The van der Waals surface area contributed by atoms with Gasteiger partial charge in [-0.2, -0.15) is 0 Å². The average Bonchev–Trinajstić information content (AvgIpc) is 2.24. The maximum absolute atomic E-state index is 11.8. The summed E-state index contributed by atoms with van der Waals surface area (Å²) in [6.45, 7) is 0.592. The second-order valence-electron chi connectivity index (χ2n) is 3.77. The Morgan fingerprint density at radius 2 is 1.95 bits per heavy atom. The Balaban J connectivity index is 2.39. The molecule has 1 aromatic rings. The van der Waals surface area contributed by atoms with Crippen molar-refractivity contribution in [3.8, 4) is 0 Å². The van der Waals surface area contributed by atoms with E-state index >= 15 is 0 Å². The molecule has 0 spiro atoms. The number of ether oxygens (including phenoxy) is 2. The molecule has 0 N–H and O–H groups in total. The normalized spacial score (nSPS) is 15.9. The van der Waals surface area contributed by atoms with Crippen molar-refractivity contribution in [2.45, 2.75) is 11.0 Å². The minimum absolute atomic E-state index is 0.0143. The number of hydrogen-bond donors (Lipinski definition) is 0. The van der Waals surface area contributed by atoms with Crippen LogP contribution in [0.3, 0.4) is 0 Å². The van der Waals surface area contributed by atoms with Gasteiger partial charge in [0.25, 0.3) is 9.05 Å². The molecule has 1 aliphatic heterocycles. The van der Waals surface area contributed by atoms with E-state index in [1.165, 1.54) is 6.07 Å². The lowest BCUT2D eigenvalue weighted by Crippen LogP contribution is -2.37. The summed E-state index contributed by atoms with van der Waals surface area (Å²) < 4.78 is 32.5. The first-order valence-electron chi connectivity index (χ1n) is 5.01. The van der Waals surface area contributed by atoms with Crippen molar-refractivity contribution >= 4 is 48.9 Å². The predicted molar refractivity (Wildman–Crippen MR) is 69.5 cm³/mol. The Hall–Kier alpha value is -0.530. The summed E-state index contributed by atoms with van der Waals surface area (Å²) in [5, 5.41) is -0.301. The number of esters is 1.